The third kappa shape index (κ3) is 2.63. The second kappa shape index (κ2) is 4.94. The summed E-state index contributed by atoms with van der Waals surface area (Å²) in [5, 5.41) is 19.4. The van der Waals surface area contributed by atoms with Crippen LogP contribution in [0.4, 0.5) is 17.1 Å². The van der Waals surface area contributed by atoms with Gasteiger partial charge in [-0.3, -0.25) is 20.0 Å². The smallest absolute Gasteiger partial charge is 0.294 e. The topological polar surface area (TPSA) is 127 Å². The van der Waals surface area contributed by atoms with Crippen molar-refractivity contribution in [2.75, 3.05) is 11.1 Å². The van der Waals surface area contributed by atoms with Gasteiger partial charge >= 0.3 is 0 Å². The van der Waals surface area contributed by atoms with Gasteiger partial charge in [-0.2, -0.15) is 5.10 Å². The summed E-state index contributed by atoms with van der Waals surface area (Å²) in [5.74, 6) is -0.550. The molecule has 0 unspecified atom stereocenters. The summed E-state index contributed by atoms with van der Waals surface area (Å²) in [6, 6.07) is 2.33. The van der Waals surface area contributed by atoms with Gasteiger partial charge < -0.3 is 11.1 Å². The minimum Gasteiger partial charge on any atom is -0.392 e. The van der Waals surface area contributed by atoms with Crippen molar-refractivity contribution in [2.45, 2.75) is 0 Å². The van der Waals surface area contributed by atoms with Crippen molar-refractivity contribution >= 4 is 34.6 Å². The summed E-state index contributed by atoms with van der Waals surface area (Å²) in [6.07, 6.45) is 2.86. The van der Waals surface area contributed by atoms with E-state index in [1.807, 2.05) is 0 Å². The Labute approximate surface area is 111 Å². The van der Waals surface area contributed by atoms with Gasteiger partial charge in [0, 0.05) is 17.8 Å². The van der Waals surface area contributed by atoms with E-state index in [1.165, 1.54) is 18.5 Å². The normalized spacial score (nSPS) is 10.2. The molecule has 1 heterocycles. The van der Waals surface area contributed by atoms with E-state index in [-0.39, 0.29) is 16.3 Å². The number of amides is 1. The van der Waals surface area contributed by atoms with Crippen molar-refractivity contribution in [1.82, 2.24) is 10.2 Å². The number of hydrogen-bond acceptors (Lipinski definition) is 5. The number of nitrogens with one attached hydrogen (secondary N) is 2. The third-order valence-electron chi connectivity index (χ3n) is 2.32. The van der Waals surface area contributed by atoms with Crippen LogP contribution in [0.15, 0.2) is 24.5 Å². The molecule has 1 aromatic heterocycles. The van der Waals surface area contributed by atoms with Crippen molar-refractivity contribution in [1.29, 1.82) is 0 Å². The molecule has 0 atom stereocenters. The van der Waals surface area contributed by atoms with Crippen LogP contribution in [0.25, 0.3) is 0 Å². The molecule has 0 aliphatic rings. The monoisotopic (exact) mass is 281 g/mol. The summed E-state index contributed by atoms with van der Waals surface area (Å²) in [7, 11) is 0. The fraction of sp³-hybridized carbons (Fsp3) is 0. The number of carbonyl (C=O) groups excluding carboxylic acids is 1. The number of carbonyl (C=O) groups is 1. The lowest BCUT2D eigenvalue weighted by atomic mass is 10.1. The number of H-pyrrole nitrogens is 1. The zero-order valence-corrected chi connectivity index (χ0v) is 10.1. The van der Waals surface area contributed by atoms with Crippen LogP contribution >= 0.6 is 11.6 Å². The molecule has 0 aliphatic carbocycles. The summed E-state index contributed by atoms with van der Waals surface area (Å²) in [5.41, 5.74) is 5.35. The highest BCUT2D eigenvalue weighted by atomic mass is 35.5. The second-order valence-corrected chi connectivity index (χ2v) is 4.00. The van der Waals surface area contributed by atoms with E-state index >= 15 is 0 Å². The number of nitrogen functional groups attached to an aromatic ring is 1. The van der Waals surface area contributed by atoms with Crippen molar-refractivity contribution in [2.24, 2.45) is 0 Å². The number of anilines is 2. The Kier molecular flexibility index (Phi) is 3.34. The molecule has 2 aromatic rings. The highest BCUT2D eigenvalue weighted by Gasteiger charge is 2.19. The standard InChI is InChI=1S/C10H8ClN5O3/c11-7-1-5(2-8(9(7)12)16(18)19)10(17)15-6-3-13-14-4-6/h1-4H,12H2,(H,13,14)(H,15,17). The lowest BCUT2D eigenvalue weighted by molar-refractivity contribution is -0.383. The first-order valence-corrected chi connectivity index (χ1v) is 5.40. The zero-order valence-electron chi connectivity index (χ0n) is 9.38. The molecule has 1 aromatic carbocycles. The summed E-state index contributed by atoms with van der Waals surface area (Å²) >= 11 is 5.76. The van der Waals surface area contributed by atoms with E-state index in [9.17, 15) is 14.9 Å². The van der Waals surface area contributed by atoms with Crippen LogP contribution in [0.2, 0.25) is 5.02 Å². The number of nitro groups is 1. The predicted octanol–water partition coefficient (Wildman–Crippen LogP) is 1.81. The molecule has 0 radical (unpaired) electrons. The molecule has 4 N–H and O–H groups in total. The first-order valence-electron chi connectivity index (χ1n) is 5.02. The highest BCUT2D eigenvalue weighted by Crippen LogP contribution is 2.31. The Morgan fingerprint density at radius 1 is 1.53 bits per heavy atom. The predicted molar refractivity (Wildman–Crippen MR) is 69.1 cm³/mol. The summed E-state index contributed by atoms with van der Waals surface area (Å²) in [4.78, 5) is 22.0. The average Bonchev–Trinajstić information content (AvgIpc) is 2.84. The Morgan fingerprint density at radius 3 is 2.84 bits per heavy atom. The number of benzene rings is 1. The van der Waals surface area contributed by atoms with Gasteiger partial charge in [-0.05, 0) is 6.07 Å². The van der Waals surface area contributed by atoms with Gasteiger partial charge in [-0.1, -0.05) is 11.6 Å². The Balaban J connectivity index is 2.35. The fourth-order valence-electron chi connectivity index (χ4n) is 1.41. The van der Waals surface area contributed by atoms with Crippen molar-refractivity contribution in [3.05, 3.63) is 45.2 Å². The molecule has 1 amide bonds. The molecule has 19 heavy (non-hydrogen) atoms. The average molecular weight is 282 g/mol. The minimum absolute atomic E-state index is 0.0344. The third-order valence-corrected chi connectivity index (χ3v) is 2.64. The zero-order chi connectivity index (χ0) is 14.0. The minimum atomic E-state index is -0.699. The van der Waals surface area contributed by atoms with Crippen LogP contribution in [-0.2, 0) is 0 Å². The van der Waals surface area contributed by atoms with Gasteiger partial charge in [0.05, 0.1) is 21.8 Å². The van der Waals surface area contributed by atoms with Crippen LogP contribution in [0.3, 0.4) is 0 Å². The lowest BCUT2D eigenvalue weighted by Gasteiger charge is -2.05. The van der Waals surface area contributed by atoms with E-state index in [0.29, 0.717) is 5.69 Å². The molecule has 98 valence electrons. The fourth-order valence-corrected chi connectivity index (χ4v) is 1.62. The number of aromatic nitrogens is 2. The molecule has 0 aliphatic heterocycles. The molecule has 2 rings (SSSR count). The first kappa shape index (κ1) is 12.8. The van der Waals surface area contributed by atoms with Crippen LogP contribution in [0.1, 0.15) is 10.4 Å². The van der Waals surface area contributed by atoms with Gasteiger partial charge in [0.1, 0.15) is 5.69 Å². The first-order chi connectivity index (χ1) is 8.99. The SMILES string of the molecule is Nc1c(Cl)cc(C(=O)Nc2cn[nH]c2)cc1[N+](=O)[O-]. The number of rotatable bonds is 3. The van der Waals surface area contributed by atoms with Crippen LogP contribution in [0, 0.1) is 10.1 Å². The maximum atomic E-state index is 11.9. The van der Waals surface area contributed by atoms with Gasteiger partial charge in [0.15, 0.2) is 0 Å². The largest absolute Gasteiger partial charge is 0.392 e. The van der Waals surface area contributed by atoms with Crippen LogP contribution < -0.4 is 11.1 Å². The van der Waals surface area contributed by atoms with Gasteiger partial charge in [0.2, 0.25) is 0 Å². The van der Waals surface area contributed by atoms with Gasteiger partial charge in [0.25, 0.3) is 11.6 Å². The van der Waals surface area contributed by atoms with E-state index in [0.717, 1.165) is 6.07 Å². The molecule has 9 heteroatoms. The number of nitrogens with two attached hydrogens (primary N) is 1. The van der Waals surface area contributed by atoms with Gasteiger partial charge in [-0.15, -0.1) is 0 Å². The molecular weight excluding hydrogens is 274 g/mol. The number of halogens is 1. The van der Waals surface area contributed by atoms with Gasteiger partial charge in [-0.25, -0.2) is 0 Å². The van der Waals surface area contributed by atoms with E-state index in [4.69, 9.17) is 17.3 Å². The molecule has 0 saturated heterocycles. The van der Waals surface area contributed by atoms with Crippen molar-refractivity contribution in [3.63, 3.8) is 0 Å². The number of nitrogens with zero attached hydrogens (tertiary/aromatic N) is 2. The number of aromatic amines is 1. The van der Waals surface area contributed by atoms with Crippen molar-refractivity contribution in [3.8, 4) is 0 Å². The van der Waals surface area contributed by atoms with Crippen molar-refractivity contribution < 1.29 is 9.72 Å². The highest BCUT2D eigenvalue weighted by molar-refractivity contribution is 6.34. The maximum absolute atomic E-state index is 11.9. The second-order valence-electron chi connectivity index (χ2n) is 3.59. The molecule has 0 fully saturated rings. The quantitative estimate of drug-likeness (QED) is 0.449. The maximum Gasteiger partial charge on any atom is 0.294 e. The van der Waals surface area contributed by atoms with E-state index < -0.39 is 16.5 Å². The molecule has 0 saturated carbocycles. The summed E-state index contributed by atoms with van der Waals surface area (Å²) < 4.78 is 0. The number of nitro benzene ring substituents is 1. The molecule has 8 nitrogen and oxygen atoms in total. The molecule has 0 bridgehead atoms. The Bertz CT molecular complexity index is 641. The molecule has 0 spiro atoms. The van der Waals surface area contributed by atoms with E-state index in [1.54, 1.807) is 0 Å². The van der Waals surface area contributed by atoms with Crippen LogP contribution in [-0.4, -0.2) is 21.0 Å². The van der Waals surface area contributed by atoms with E-state index in [2.05, 4.69) is 15.5 Å². The summed E-state index contributed by atoms with van der Waals surface area (Å²) in [6.45, 7) is 0. The number of hydrogen-bond donors (Lipinski definition) is 3. The Hall–Kier alpha value is -2.61. The molecular formula is C10H8ClN5O3. The Morgan fingerprint density at radius 2 is 2.26 bits per heavy atom. The lowest BCUT2D eigenvalue weighted by Crippen LogP contribution is -2.12. The van der Waals surface area contributed by atoms with Crippen LogP contribution in [0.5, 0.6) is 0 Å².